The first kappa shape index (κ1) is 16.1. The second kappa shape index (κ2) is 6.96. The van der Waals surface area contributed by atoms with Crippen molar-refractivity contribution >= 4 is 23.5 Å². The van der Waals surface area contributed by atoms with E-state index in [4.69, 9.17) is 22.1 Å². The smallest absolute Gasteiger partial charge is 0.407 e. The summed E-state index contributed by atoms with van der Waals surface area (Å²) in [6.07, 6.45) is -0.00837. The van der Waals surface area contributed by atoms with Gasteiger partial charge in [-0.1, -0.05) is 23.4 Å². The first-order valence-corrected chi connectivity index (χ1v) is 6.40. The Bertz CT molecular complexity index is 544. The van der Waals surface area contributed by atoms with Gasteiger partial charge in [0.15, 0.2) is 11.0 Å². The first-order valence-electron chi connectivity index (χ1n) is 6.02. The van der Waals surface area contributed by atoms with Crippen molar-refractivity contribution in [1.29, 1.82) is 0 Å². The Hall–Kier alpha value is -2.00. The van der Waals surface area contributed by atoms with E-state index in [-0.39, 0.29) is 11.0 Å². The number of nitrogen functional groups attached to an aromatic ring is 1. The van der Waals surface area contributed by atoms with E-state index in [0.29, 0.717) is 18.5 Å². The second-order valence-corrected chi connectivity index (χ2v) is 5.33. The maximum absolute atomic E-state index is 11.4. The molecule has 0 spiro atoms. The zero-order chi connectivity index (χ0) is 15.2. The van der Waals surface area contributed by atoms with Gasteiger partial charge in [0.25, 0.3) is 0 Å². The van der Waals surface area contributed by atoms with Crippen molar-refractivity contribution in [3.63, 3.8) is 0 Å². The van der Waals surface area contributed by atoms with Crippen molar-refractivity contribution in [2.75, 3.05) is 12.3 Å². The van der Waals surface area contributed by atoms with Gasteiger partial charge in [-0.05, 0) is 26.8 Å². The highest BCUT2D eigenvalue weighted by Crippen LogP contribution is 2.10. The Morgan fingerprint density at radius 1 is 1.50 bits per heavy atom. The fourth-order valence-electron chi connectivity index (χ4n) is 1.18. The number of ether oxygens (including phenoxy) is 1. The van der Waals surface area contributed by atoms with Gasteiger partial charge < -0.3 is 15.8 Å². The van der Waals surface area contributed by atoms with E-state index >= 15 is 0 Å². The number of nitrogens with two attached hydrogens (primary N) is 1. The zero-order valence-corrected chi connectivity index (χ0v) is 12.4. The van der Waals surface area contributed by atoms with Gasteiger partial charge in [0, 0.05) is 13.0 Å². The summed E-state index contributed by atoms with van der Waals surface area (Å²) in [5.74, 6) is 5.91. The molecular weight excluding hydrogens is 280 g/mol. The quantitative estimate of drug-likeness (QED) is 0.643. The lowest BCUT2D eigenvalue weighted by atomic mass is 10.2. The molecule has 0 aromatic carbocycles. The van der Waals surface area contributed by atoms with Crippen LogP contribution in [0.1, 0.15) is 32.8 Å². The summed E-state index contributed by atoms with van der Waals surface area (Å²) in [7, 11) is 0. The molecule has 0 aliphatic rings. The first-order chi connectivity index (χ1) is 9.28. The van der Waals surface area contributed by atoms with E-state index in [9.17, 15) is 4.79 Å². The predicted molar refractivity (Wildman–Crippen MR) is 77.2 cm³/mol. The third kappa shape index (κ3) is 6.25. The number of aromatic nitrogens is 2. The lowest BCUT2D eigenvalue weighted by Gasteiger charge is -2.19. The van der Waals surface area contributed by atoms with Gasteiger partial charge in [-0.15, -0.1) is 10.2 Å². The van der Waals surface area contributed by atoms with E-state index in [1.165, 1.54) is 6.07 Å². The highest BCUT2D eigenvalue weighted by molar-refractivity contribution is 6.29. The lowest BCUT2D eigenvalue weighted by Crippen LogP contribution is -2.32. The van der Waals surface area contributed by atoms with Crippen molar-refractivity contribution in [3.8, 4) is 11.8 Å². The zero-order valence-electron chi connectivity index (χ0n) is 11.7. The van der Waals surface area contributed by atoms with Crippen molar-refractivity contribution in [1.82, 2.24) is 15.5 Å². The van der Waals surface area contributed by atoms with Crippen LogP contribution in [0.5, 0.6) is 0 Å². The Morgan fingerprint density at radius 3 is 2.85 bits per heavy atom. The third-order valence-electron chi connectivity index (χ3n) is 1.93. The monoisotopic (exact) mass is 296 g/mol. The van der Waals surface area contributed by atoms with Gasteiger partial charge in [-0.3, -0.25) is 0 Å². The van der Waals surface area contributed by atoms with Crippen LogP contribution in [0.15, 0.2) is 6.07 Å². The fourth-order valence-corrected chi connectivity index (χ4v) is 1.32. The van der Waals surface area contributed by atoms with Crippen LogP contribution < -0.4 is 11.1 Å². The molecule has 3 N–H and O–H groups in total. The van der Waals surface area contributed by atoms with E-state index in [0.717, 1.165) is 0 Å². The standard InChI is InChI=1S/C13H17ClN4O2/c1-13(2,3)20-12(19)16-7-5-4-6-9-8-10(14)17-18-11(9)15/h8H,5,7H2,1-3H3,(H2,15,18)(H,16,19). The number of carbonyl (C=O) groups excluding carboxylic acids is 1. The minimum Gasteiger partial charge on any atom is -0.444 e. The molecule has 20 heavy (non-hydrogen) atoms. The molecule has 1 aromatic rings. The molecular formula is C13H17ClN4O2. The van der Waals surface area contributed by atoms with E-state index in [1.807, 2.05) is 0 Å². The summed E-state index contributed by atoms with van der Waals surface area (Å²) < 4.78 is 5.08. The molecule has 1 amide bonds. The molecule has 0 fully saturated rings. The van der Waals surface area contributed by atoms with Gasteiger partial charge in [-0.2, -0.15) is 0 Å². The Balaban J connectivity index is 2.40. The summed E-state index contributed by atoms with van der Waals surface area (Å²) in [5.41, 5.74) is 5.60. The van der Waals surface area contributed by atoms with E-state index in [1.54, 1.807) is 20.8 Å². The molecule has 0 bridgehead atoms. The van der Waals surface area contributed by atoms with E-state index < -0.39 is 11.7 Å². The number of nitrogens with one attached hydrogen (secondary N) is 1. The molecule has 1 aromatic heterocycles. The Labute approximate surface area is 123 Å². The van der Waals surface area contributed by atoms with Crippen LogP contribution in [0.2, 0.25) is 5.15 Å². The molecule has 0 unspecified atom stereocenters. The molecule has 0 saturated carbocycles. The fraction of sp³-hybridized carbons (Fsp3) is 0.462. The highest BCUT2D eigenvalue weighted by Gasteiger charge is 2.15. The average Bonchev–Trinajstić information content (AvgIpc) is 2.30. The summed E-state index contributed by atoms with van der Waals surface area (Å²) in [6, 6.07) is 1.54. The normalized spacial score (nSPS) is 10.4. The summed E-state index contributed by atoms with van der Waals surface area (Å²) in [4.78, 5) is 11.4. The summed E-state index contributed by atoms with van der Waals surface area (Å²) in [5, 5.41) is 10.1. The van der Waals surface area contributed by atoms with Crippen LogP contribution in [-0.2, 0) is 4.74 Å². The maximum atomic E-state index is 11.4. The van der Waals surface area contributed by atoms with Crippen molar-refractivity contribution in [2.45, 2.75) is 32.8 Å². The van der Waals surface area contributed by atoms with Crippen molar-refractivity contribution < 1.29 is 9.53 Å². The summed E-state index contributed by atoms with van der Waals surface area (Å²) >= 11 is 5.69. The number of halogens is 1. The average molecular weight is 297 g/mol. The third-order valence-corrected chi connectivity index (χ3v) is 2.12. The topological polar surface area (TPSA) is 90.1 Å². The number of carbonyl (C=O) groups is 1. The predicted octanol–water partition coefficient (Wildman–Crippen LogP) is 1.98. The molecule has 0 aliphatic heterocycles. The van der Waals surface area contributed by atoms with Gasteiger partial charge >= 0.3 is 6.09 Å². The Kier molecular flexibility index (Phi) is 5.59. The number of amides is 1. The molecule has 1 heterocycles. The molecule has 1 rings (SSSR count). The van der Waals surface area contributed by atoms with Gasteiger partial charge in [0.05, 0.1) is 5.56 Å². The number of anilines is 1. The van der Waals surface area contributed by atoms with Crippen LogP contribution in [0.4, 0.5) is 10.6 Å². The van der Waals surface area contributed by atoms with Crippen LogP contribution in [0.3, 0.4) is 0 Å². The molecule has 0 aliphatic carbocycles. The highest BCUT2D eigenvalue weighted by atomic mass is 35.5. The molecule has 0 radical (unpaired) electrons. The minimum atomic E-state index is -0.510. The maximum Gasteiger partial charge on any atom is 0.407 e. The number of alkyl carbamates (subject to hydrolysis) is 1. The molecule has 6 nitrogen and oxygen atoms in total. The molecule has 108 valence electrons. The van der Waals surface area contributed by atoms with Gasteiger partial charge in [0.1, 0.15) is 5.60 Å². The van der Waals surface area contributed by atoms with Gasteiger partial charge in [-0.25, -0.2) is 4.79 Å². The van der Waals surface area contributed by atoms with Crippen LogP contribution in [0.25, 0.3) is 0 Å². The second-order valence-electron chi connectivity index (χ2n) is 4.95. The van der Waals surface area contributed by atoms with E-state index in [2.05, 4.69) is 27.4 Å². The molecule has 7 heteroatoms. The SMILES string of the molecule is CC(C)(C)OC(=O)NCCC#Cc1cc(Cl)nnc1N. The number of hydrogen-bond acceptors (Lipinski definition) is 5. The van der Waals surface area contributed by atoms with Crippen LogP contribution in [-0.4, -0.2) is 28.4 Å². The molecule has 0 saturated heterocycles. The van der Waals surface area contributed by atoms with Crippen LogP contribution in [0, 0.1) is 11.8 Å². The largest absolute Gasteiger partial charge is 0.444 e. The minimum absolute atomic E-state index is 0.224. The number of hydrogen-bond donors (Lipinski definition) is 2. The van der Waals surface area contributed by atoms with Crippen molar-refractivity contribution in [3.05, 3.63) is 16.8 Å². The van der Waals surface area contributed by atoms with Crippen molar-refractivity contribution in [2.24, 2.45) is 0 Å². The number of nitrogens with zero attached hydrogens (tertiary/aromatic N) is 2. The van der Waals surface area contributed by atoms with Gasteiger partial charge in [0.2, 0.25) is 0 Å². The Morgan fingerprint density at radius 2 is 2.20 bits per heavy atom. The lowest BCUT2D eigenvalue weighted by molar-refractivity contribution is 0.0529. The summed E-state index contributed by atoms with van der Waals surface area (Å²) in [6.45, 7) is 5.79. The molecule has 0 atom stereocenters. The number of rotatable bonds is 2. The van der Waals surface area contributed by atoms with Crippen LogP contribution >= 0.6 is 11.6 Å².